The summed E-state index contributed by atoms with van der Waals surface area (Å²) in [5.41, 5.74) is -0.143. The van der Waals surface area contributed by atoms with Gasteiger partial charge in [-0.15, -0.1) is 0 Å². The van der Waals surface area contributed by atoms with E-state index in [4.69, 9.17) is 0 Å². The van der Waals surface area contributed by atoms with Crippen molar-refractivity contribution in [3.05, 3.63) is 59.7 Å². The molecule has 2 aromatic carbocycles. The van der Waals surface area contributed by atoms with Gasteiger partial charge in [0.25, 0.3) is 0 Å². The topological polar surface area (TPSA) is 69.6 Å². The van der Waals surface area contributed by atoms with Crippen molar-refractivity contribution in [3.8, 4) is 5.75 Å². The average molecular weight is 432 g/mol. The number of aromatic hydroxyl groups is 1. The number of likely N-dealkylation sites (tertiary alicyclic amines) is 1. The monoisotopic (exact) mass is 432 g/mol. The third-order valence-corrected chi connectivity index (χ3v) is 6.11. The second-order valence-corrected chi connectivity index (χ2v) is 8.14. The number of carbonyl (C=O) groups excluding carboxylic acids is 2. The highest BCUT2D eigenvalue weighted by atomic mass is 19.4. The van der Waals surface area contributed by atoms with Crippen LogP contribution in [0, 0.1) is 11.8 Å². The van der Waals surface area contributed by atoms with Crippen LogP contribution in [0.3, 0.4) is 0 Å². The third-order valence-electron chi connectivity index (χ3n) is 6.11. The van der Waals surface area contributed by atoms with Crippen LogP contribution in [0.1, 0.15) is 36.3 Å². The molecule has 1 aliphatic heterocycles. The Kier molecular flexibility index (Phi) is 5.64. The third kappa shape index (κ3) is 4.52. The first-order valence-corrected chi connectivity index (χ1v) is 10.3. The van der Waals surface area contributed by atoms with Crippen LogP contribution in [-0.2, 0) is 15.8 Å². The maximum Gasteiger partial charge on any atom is 0.416 e. The van der Waals surface area contributed by atoms with Gasteiger partial charge >= 0.3 is 6.18 Å². The highest BCUT2D eigenvalue weighted by Gasteiger charge is 2.49. The molecule has 0 spiro atoms. The lowest BCUT2D eigenvalue weighted by Gasteiger charge is -2.31. The van der Waals surface area contributed by atoms with E-state index in [1.165, 1.54) is 18.2 Å². The predicted molar refractivity (Wildman–Crippen MR) is 108 cm³/mol. The van der Waals surface area contributed by atoms with Crippen molar-refractivity contribution in [1.29, 1.82) is 0 Å². The van der Waals surface area contributed by atoms with E-state index in [1.807, 2.05) is 0 Å². The van der Waals surface area contributed by atoms with Gasteiger partial charge in [0.15, 0.2) is 0 Å². The quantitative estimate of drug-likeness (QED) is 0.704. The van der Waals surface area contributed by atoms with Crippen LogP contribution in [-0.4, -0.2) is 34.9 Å². The Morgan fingerprint density at radius 2 is 1.65 bits per heavy atom. The van der Waals surface area contributed by atoms with E-state index in [2.05, 4.69) is 5.32 Å². The SMILES string of the molecule is O=C(Nc1ccccc1O)C1CCN(C(=O)C2CC2c2ccccc2C(F)(F)F)CC1. The highest BCUT2D eigenvalue weighted by molar-refractivity contribution is 5.94. The van der Waals surface area contributed by atoms with Crippen LogP contribution in [0.2, 0.25) is 0 Å². The zero-order chi connectivity index (χ0) is 22.2. The molecule has 0 radical (unpaired) electrons. The standard InChI is InChI=1S/C23H23F3N2O3/c24-23(25,26)18-6-2-1-5-15(18)16-13-17(16)22(31)28-11-9-14(10-12-28)21(30)27-19-7-3-4-8-20(19)29/h1-8,14,16-17,29H,9-13H2,(H,27,30). The lowest BCUT2D eigenvalue weighted by molar-refractivity contribution is -0.139. The summed E-state index contributed by atoms with van der Waals surface area (Å²) < 4.78 is 39.8. The summed E-state index contributed by atoms with van der Waals surface area (Å²) in [6.07, 6.45) is -3.07. The molecule has 1 aliphatic carbocycles. The zero-order valence-electron chi connectivity index (χ0n) is 16.7. The number of hydrogen-bond acceptors (Lipinski definition) is 3. The number of amides is 2. The van der Waals surface area contributed by atoms with Crippen molar-refractivity contribution in [1.82, 2.24) is 4.90 Å². The molecule has 2 unspecified atom stereocenters. The zero-order valence-corrected chi connectivity index (χ0v) is 16.7. The number of anilines is 1. The van der Waals surface area contributed by atoms with Crippen molar-refractivity contribution < 1.29 is 27.9 Å². The van der Waals surface area contributed by atoms with Gasteiger partial charge in [-0.2, -0.15) is 13.2 Å². The van der Waals surface area contributed by atoms with Crippen LogP contribution in [0.5, 0.6) is 5.75 Å². The van der Waals surface area contributed by atoms with Crippen molar-refractivity contribution in [2.45, 2.75) is 31.4 Å². The molecule has 1 saturated carbocycles. The second kappa shape index (κ2) is 8.24. The molecule has 0 bridgehead atoms. The molecule has 1 saturated heterocycles. The summed E-state index contributed by atoms with van der Waals surface area (Å²) in [6.45, 7) is 0.781. The van der Waals surface area contributed by atoms with E-state index in [0.29, 0.717) is 38.0 Å². The van der Waals surface area contributed by atoms with E-state index in [-0.39, 0.29) is 29.0 Å². The molecule has 5 nitrogen and oxygen atoms in total. The number of halogens is 3. The van der Waals surface area contributed by atoms with Gasteiger partial charge in [0.1, 0.15) is 5.75 Å². The Hall–Kier alpha value is -3.03. The molecule has 2 fully saturated rings. The number of alkyl halides is 3. The normalized spacial score (nSPS) is 21.6. The van der Waals surface area contributed by atoms with Crippen LogP contribution >= 0.6 is 0 Å². The van der Waals surface area contributed by atoms with E-state index in [9.17, 15) is 27.9 Å². The molecule has 0 aromatic heterocycles. The number of phenols is 1. The van der Waals surface area contributed by atoms with Gasteiger partial charge in [-0.05, 0) is 48.9 Å². The first-order chi connectivity index (χ1) is 14.8. The van der Waals surface area contributed by atoms with Gasteiger partial charge in [-0.3, -0.25) is 9.59 Å². The summed E-state index contributed by atoms with van der Waals surface area (Å²) >= 11 is 0. The summed E-state index contributed by atoms with van der Waals surface area (Å²) in [5, 5.41) is 12.5. The Bertz CT molecular complexity index is 984. The number of piperidine rings is 1. The Balaban J connectivity index is 1.33. The number of carbonyl (C=O) groups is 2. The van der Waals surface area contributed by atoms with Crippen LogP contribution in [0.4, 0.5) is 18.9 Å². The molecule has 164 valence electrons. The lowest BCUT2D eigenvalue weighted by Crippen LogP contribution is -2.42. The maximum atomic E-state index is 13.3. The summed E-state index contributed by atoms with van der Waals surface area (Å²) in [4.78, 5) is 27.0. The molecule has 4 rings (SSSR count). The Morgan fingerprint density at radius 3 is 2.32 bits per heavy atom. The molecule has 1 heterocycles. The van der Waals surface area contributed by atoms with Crippen molar-refractivity contribution in [2.24, 2.45) is 11.8 Å². The molecule has 2 amide bonds. The van der Waals surface area contributed by atoms with Crippen molar-refractivity contribution in [2.75, 3.05) is 18.4 Å². The molecule has 31 heavy (non-hydrogen) atoms. The van der Waals surface area contributed by atoms with Gasteiger partial charge in [-0.25, -0.2) is 0 Å². The molecule has 8 heteroatoms. The van der Waals surface area contributed by atoms with Crippen molar-refractivity contribution in [3.63, 3.8) is 0 Å². The minimum atomic E-state index is -4.44. The number of nitrogens with zero attached hydrogens (tertiary/aromatic N) is 1. The average Bonchev–Trinajstić information content (AvgIpc) is 3.55. The molecule has 2 aromatic rings. The van der Waals surface area contributed by atoms with Crippen molar-refractivity contribution >= 4 is 17.5 Å². The molecule has 2 N–H and O–H groups in total. The summed E-state index contributed by atoms with van der Waals surface area (Å²) in [5.74, 6) is -1.49. The fraction of sp³-hybridized carbons (Fsp3) is 0.391. The van der Waals surface area contributed by atoms with E-state index < -0.39 is 23.6 Å². The number of hydrogen-bond donors (Lipinski definition) is 2. The van der Waals surface area contributed by atoms with Crippen LogP contribution in [0.25, 0.3) is 0 Å². The van der Waals surface area contributed by atoms with Crippen LogP contribution < -0.4 is 5.32 Å². The lowest BCUT2D eigenvalue weighted by atomic mass is 9.95. The molecular weight excluding hydrogens is 409 g/mol. The first-order valence-electron chi connectivity index (χ1n) is 10.3. The van der Waals surface area contributed by atoms with Gasteiger partial charge in [0.2, 0.25) is 11.8 Å². The highest BCUT2D eigenvalue weighted by Crippen LogP contribution is 2.52. The Morgan fingerprint density at radius 1 is 1.00 bits per heavy atom. The first kappa shape index (κ1) is 21.2. The minimum Gasteiger partial charge on any atom is -0.506 e. The fourth-order valence-corrected chi connectivity index (χ4v) is 4.30. The number of benzene rings is 2. The predicted octanol–water partition coefficient (Wildman–Crippen LogP) is 4.39. The smallest absolute Gasteiger partial charge is 0.416 e. The van der Waals surface area contributed by atoms with E-state index in [1.54, 1.807) is 29.2 Å². The fourth-order valence-electron chi connectivity index (χ4n) is 4.30. The second-order valence-electron chi connectivity index (χ2n) is 8.14. The van der Waals surface area contributed by atoms with Gasteiger partial charge in [0, 0.05) is 24.9 Å². The number of para-hydroxylation sites is 2. The Labute approximate surface area is 177 Å². The van der Waals surface area contributed by atoms with Gasteiger partial charge in [-0.1, -0.05) is 30.3 Å². The largest absolute Gasteiger partial charge is 0.506 e. The van der Waals surface area contributed by atoms with Gasteiger partial charge in [0.05, 0.1) is 11.3 Å². The summed E-state index contributed by atoms with van der Waals surface area (Å²) in [6, 6.07) is 11.9. The number of rotatable bonds is 4. The van der Waals surface area contributed by atoms with E-state index >= 15 is 0 Å². The minimum absolute atomic E-state index is 0.0117. The van der Waals surface area contributed by atoms with Gasteiger partial charge < -0.3 is 15.3 Å². The van der Waals surface area contributed by atoms with Crippen LogP contribution in [0.15, 0.2) is 48.5 Å². The number of phenolic OH excluding ortho intramolecular Hbond substituents is 1. The number of nitrogens with one attached hydrogen (secondary N) is 1. The molecule has 2 atom stereocenters. The maximum absolute atomic E-state index is 13.3. The molecule has 2 aliphatic rings. The molecular formula is C23H23F3N2O3. The summed E-state index contributed by atoms with van der Waals surface area (Å²) in [7, 11) is 0. The van der Waals surface area contributed by atoms with E-state index in [0.717, 1.165) is 6.07 Å².